The van der Waals surface area contributed by atoms with E-state index in [4.69, 9.17) is 9.97 Å². The number of aromatic nitrogens is 3. The lowest BCUT2D eigenvalue weighted by Gasteiger charge is -2.22. The van der Waals surface area contributed by atoms with Gasteiger partial charge in [0.05, 0.1) is 22.4 Å². The number of nitrogens with zero attached hydrogens (tertiary/aromatic N) is 3. The van der Waals surface area contributed by atoms with Gasteiger partial charge in [0, 0.05) is 38.6 Å². The molecule has 0 N–H and O–H groups in total. The fraction of sp³-hybridized carbons (Fsp3) is 0.0492. The van der Waals surface area contributed by atoms with Crippen molar-refractivity contribution in [1.29, 1.82) is 0 Å². The van der Waals surface area contributed by atoms with Crippen molar-refractivity contribution in [2.24, 2.45) is 0 Å². The van der Waals surface area contributed by atoms with Gasteiger partial charge in [0.1, 0.15) is 0 Å². The quantitative estimate of drug-likeness (QED) is 0.160. The lowest BCUT2D eigenvalue weighted by atomic mass is 9.81. The minimum atomic E-state index is -0.0337. The van der Waals surface area contributed by atoms with Crippen molar-refractivity contribution in [2.45, 2.75) is 19.3 Å². The maximum absolute atomic E-state index is 5.26. The summed E-state index contributed by atoms with van der Waals surface area (Å²) in [4.78, 5) is 10.5. The van der Waals surface area contributed by atoms with E-state index < -0.39 is 0 Å². The Morgan fingerprint density at radius 2 is 0.828 bits per heavy atom. The van der Waals surface area contributed by atoms with E-state index in [1.165, 1.54) is 55.3 Å². The summed E-state index contributed by atoms with van der Waals surface area (Å²) in [5.41, 5.74) is 20.7. The molecule has 0 aliphatic heterocycles. The Balaban J connectivity index is 0.972. The van der Waals surface area contributed by atoms with Crippen LogP contribution >= 0.6 is 0 Å². The molecule has 1 aliphatic carbocycles. The standard InChI is InChI=1S/C61H43N3/c1-61(2)54-24-14-12-22-50(54)51-32-30-46(38-55(51)61)42-28-26-41(27-29-42)45-31-33-59-53(37-45)52-23-13-15-25-58(52)64(59)49-35-47(40-16-6-3-7-17-40)34-48(36-49)60-62-56(43-18-8-4-9-19-43)39-57(63-60)44-20-10-5-11-21-44/h3-39H,1-2H3. The monoisotopic (exact) mass is 817 g/mol. The molecule has 64 heavy (non-hydrogen) atoms. The molecular formula is C61H43N3. The van der Waals surface area contributed by atoms with Gasteiger partial charge in [-0.15, -0.1) is 0 Å². The molecule has 0 bridgehead atoms. The van der Waals surface area contributed by atoms with Crippen LogP contribution in [-0.4, -0.2) is 14.5 Å². The Hall–Kier alpha value is -8.14. The Morgan fingerprint density at radius 1 is 0.328 bits per heavy atom. The van der Waals surface area contributed by atoms with Crippen LogP contribution < -0.4 is 0 Å². The van der Waals surface area contributed by atoms with E-state index in [1.807, 2.05) is 12.1 Å². The second-order valence-electron chi connectivity index (χ2n) is 17.4. The maximum atomic E-state index is 5.26. The van der Waals surface area contributed by atoms with Crippen LogP contribution in [0.25, 0.3) is 106 Å². The van der Waals surface area contributed by atoms with Crippen molar-refractivity contribution in [2.75, 3.05) is 0 Å². The molecule has 0 saturated heterocycles. The molecule has 12 rings (SSSR count). The number of benzene rings is 9. The number of hydrogen-bond donors (Lipinski definition) is 0. The normalized spacial score (nSPS) is 12.7. The third-order valence-corrected chi connectivity index (χ3v) is 13.2. The van der Waals surface area contributed by atoms with E-state index in [2.05, 4.69) is 231 Å². The van der Waals surface area contributed by atoms with Crippen LogP contribution in [0.1, 0.15) is 25.0 Å². The van der Waals surface area contributed by atoms with Gasteiger partial charge in [0.2, 0.25) is 0 Å². The average molecular weight is 818 g/mol. The molecule has 3 heteroatoms. The molecule has 2 heterocycles. The molecule has 9 aromatic carbocycles. The SMILES string of the molecule is CC1(C)c2ccccc2-c2ccc(-c3ccc(-c4ccc5c(c4)c4ccccc4n5-c4cc(-c5ccccc5)cc(-c5nc(-c6ccccc6)cc(-c6ccccc6)n5)c4)cc3)cc21. The smallest absolute Gasteiger partial charge is 0.160 e. The molecule has 0 atom stereocenters. The first-order valence-corrected chi connectivity index (χ1v) is 22.1. The maximum Gasteiger partial charge on any atom is 0.160 e. The van der Waals surface area contributed by atoms with Crippen LogP contribution in [0.5, 0.6) is 0 Å². The summed E-state index contributed by atoms with van der Waals surface area (Å²) in [6.45, 7) is 4.69. The van der Waals surface area contributed by atoms with E-state index >= 15 is 0 Å². The number of hydrogen-bond acceptors (Lipinski definition) is 2. The average Bonchev–Trinajstić information content (AvgIpc) is 3.82. The summed E-state index contributed by atoms with van der Waals surface area (Å²) in [5, 5.41) is 2.41. The lowest BCUT2D eigenvalue weighted by Crippen LogP contribution is -2.14. The molecule has 0 saturated carbocycles. The van der Waals surface area contributed by atoms with Gasteiger partial charge >= 0.3 is 0 Å². The molecule has 0 unspecified atom stereocenters. The van der Waals surface area contributed by atoms with Gasteiger partial charge in [-0.3, -0.25) is 0 Å². The molecule has 11 aromatic rings. The third-order valence-electron chi connectivity index (χ3n) is 13.2. The fourth-order valence-corrected chi connectivity index (χ4v) is 9.93. The minimum absolute atomic E-state index is 0.0337. The van der Waals surface area contributed by atoms with E-state index in [-0.39, 0.29) is 5.41 Å². The molecule has 1 aliphatic rings. The number of para-hydroxylation sites is 1. The summed E-state index contributed by atoms with van der Waals surface area (Å²) in [6.07, 6.45) is 0. The summed E-state index contributed by atoms with van der Waals surface area (Å²) in [7, 11) is 0. The van der Waals surface area contributed by atoms with Crippen LogP contribution in [0.3, 0.4) is 0 Å². The Kier molecular flexibility index (Phi) is 8.84. The highest BCUT2D eigenvalue weighted by atomic mass is 15.0. The summed E-state index contributed by atoms with van der Waals surface area (Å²) < 4.78 is 2.40. The van der Waals surface area contributed by atoms with Gasteiger partial charge < -0.3 is 4.57 Å². The lowest BCUT2D eigenvalue weighted by molar-refractivity contribution is 0.660. The van der Waals surface area contributed by atoms with Crippen molar-refractivity contribution in [3.8, 4) is 84.1 Å². The predicted octanol–water partition coefficient (Wildman–Crippen LogP) is 15.9. The van der Waals surface area contributed by atoms with Gasteiger partial charge in [-0.1, -0.05) is 190 Å². The predicted molar refractivity (Wildman–Crippen MR) is 267 cm³/mol. The Morgan fingerprint density at radius 3 is 1.52 bits per heavy atom. The first kappa shape index (κ1) is 37.6. The van der Waals surface area contributed by atoms with Crippen LogP contribution in [0.15, 0.2) is 224 Å². The molecule has 3 nitrogen and oxygen atoms in total. The van der Waals surface area contributed by atoms with E-state index in [1.54, 1.807) is 0 Å². The minimum Gasteiger partial charge on any atom is -0.309 e. The highest BCUT2D eigenvalue weighted by Crippen LogP contribution is 2.49. The Labute approximate surface area is 373 Å². The topological polar surface area (TPSA) is 30.7 Å². The van der Waals surface area contributed by atoms with Crippen molar-refractivity contribution in [3.05, 3.63) is 236 Å². The molecule has 0 spiro atoms. The van der Waals surface area contributed by atoms with Crippen LogP contribution in [0, 0.1) is 0 Å². The van der Waals surface area contributed by atoms with Gasteiger partial charge in [0.15, 0.2) is 5.82 Å². The zero-order valence-corrected chi connectivity index (χ0v) is 35.7. The van der Waals surface area contributed by atoms with E-state index in [0.29, 0.717) is 5.82 Å². The highest BCUT2D eigenvalue weighted by molar-refractivity contribution is 6.10. The van der Waals surface area contributed by atoms with Gasteiger partial charge in [-0.05, 0) is 104 Å². The van der Waals surface area contributed by atoms with E-state index in [0.717, 1.165) is 55.9 Å². The number of fused-ring (bicyclic) bond motifs is 6. The first-order valence-electron chi connectivity index (χ1n) is 22.1. The molecular weight excluding hydrogens is 775 g/mol. The fourth-order valence-electron chi connectivity index (χ4n) is 9.93. The Bertz CT molecular complexity index is 3490. The number of rotatable bonds is 7. The summed E-state index contributed by atoms with van der Waals surface area (Å²) in [5.74, 6) is 0.680. The van der Waals surface area contributed by atoms with Crippen molar-refractivity contribution >= 4 is 21.8 Å². The second kappa shape index (κ2) is 15.0. The van der Waals surface area contributed by atoms with Gasteiger partial charge in [-0.25, -0.2) is 9.97 Å². The van der Waals surface area contributed by atoms with Crippen LogP contribution in [0.4, 0.5) is 0 Å². The zero-order valence-electron chi connectivity index (χ0n) is 35.7. The van der Waals surface area contributed by atoms with Crippen LogP contribution in [0.2, 0.25) is 0 Å². The molecule has 302 valence electrons. The zero-order chi connectivity index (χ0) is 42.8. The van der Waals surface area contributed by atoms with Crippen molar-refractivity contribution in [1.82, 2.24) is 14.5 Å². The van der Waals surface area contributed by atoms with Crippen molar-refractivity contribution < 1.29 is 0 Å². The van der Waals surface area contributed by atoms with Gasteiger partial charge in [-0.2, -0.15) is 0 Å². The second-order valence-corrected chi connectivity index (χ2v) is 17.4. The molecule has 0 amide bonds. The van der Waals surface area contributed by atoms with Gasteiger partial charge in [0.25, 0.3) is 0 Å². The summed E-state index contributed by atoms with van der Waals surface area (Å²) >= 11 is 0. The molecule has 0 radical (unpaired) electrons. The van der Waals surface area contributed by atoms with Crippen LogP contribution in [-0.2, 0) is 5.41 Å². The largest absolute Gasteiger partial charge is 0.309 e. The van der Waals surface area contributed by atoms with Crippen molar-refractivity contribution in [3.63, 3.8) is 0 Å². The molecule has 2 aromatic heterocycles. The summed E-state index contributed by atoms with van der Waals surface area (Å²) in [6, 6.07) is 80.8. The first-order chi connectivity index (χ1) is 31.5. The van der Waals surface area contributed by atoms with E-state index in [9.17, 15) is 0 Å². The third kappa shape index (κ3) is 6.36. The molecule has 0 fully saturated rings. The highest BCUT2D eigenvalue weighted by Gasteiger charge is 2.35.